The van der Waals surface area contributed by atoms with Gasteiger partial charge in [0, 0.05) is 77.0 Å². The van der Waals surface area contributed by atoms with Crippen molar-refractivity contribution in [3.63, 3.8) is 0 Å². The van der Waals surface area contributed by atoms with Crippen LogP contribution in [-0.2, 0) is 49.5 Å². The first-order valence-electron chi connectivity index (χ1n) is 30.7. The third-order valence-electron chi connectivity index (χ3n) is 11.2. The van der Waals surface area contributed by atoms with Crippen LogP contribution in [0.3, 0.4) is 0 Å². The number of hydrogen-bond acceptors (Lipinski definition) is 12. The maximum atomic E-state index is 7.51. The van der Waals surface area contributed by atoms with Crippen molar-refractivity contribution < 1.29 is 124 Å². The van der Waals surface area contributed by atoms with Crippen molar-refractivity contribution in [2.24, 2.45) is 0 Å². The molecule has 0 aliphatic rings. The fraction of sp³-hybridized carbons (Fsp3) is 0.800. The van der Waals surface area contributed by atoms with E-state index < -0.39 is 0 Å². The van der Waals surface area contributed by atoms with Crippen LogP contribution < -0.4 is 106 Å². The average Bonchev–Trinajstić information content (AvgIpc) is 3.41. The van der Waals surface area contributed by atoms with E-state index in [1.54, 1.807) is 0 Å². The summed E-state index contributed by atoms with van der Waals surface area (Å²) in [5, 5.41) is 107. The summed E-state index contributed by atoms with van der Waals surface area (Å²) in [6.07, 6.45) is 34.9. The maximum Gasteiger partial charge on any atom is 2.00 e. The second-order valence-corrected chi connectivity index (χ2v) is 19.7. The molecule has 528 valence electrons. The van der Waals surface area contributed by atoms with Crippen LogP contribution in [0.25, 0.3) is 0 Å². The molecule has 0 saturated carbocycles. The van der Waals surface area contributed by atoms with Gasteiger partial charge in [0.2, 0.25) is 0 Å². The molecule has 0 aromatic heterocycles. The molecule has 0 aliphatic carbocycles. The van der Waals surface area contributed by atoms with Crippen LogP contribution in [0.1, 0.15) is 314 Å². The SMILES string of the molecule is CCCCC(=N)NC(=N)CCCC.CCCCC(=N)NC(=N)CCCC.CCCCC(=N)NC(=N)CCCC.CCCCC(=N)NC(=N)CCCC.CCCCC(=N)NC(=N)CCCC.CCCCC(=N)NC(=N)CCCC.[Cl-].[Cl-].[Cl-].[Cl-].[Cl-].[Cl-].[Ni+2].[Ni+2].[Ni+2]. The number of rotatable bonds is 36. The van der Waals surface area contributed by atoms with E-state index >= 15 is 0 Å². The molecular formula is C60H126Cl6N18Ni3. The normalized spacial score (nSPS) is 8.69. The third-order valence-corrected chi connectivity index (χ3v) is 11.2. The van der Waals surface area contributed by atoms with Crippen molar-refractivity contribution >= 4 is 70.0 Å². The summed E-state index contributed by atoms with van der Waals surface area (Å²) in [7, 11) is 0. The molecule has 0 fully saturated rings. The van der Waals surface area contributed by atoms with Crippen molar-refractivity contribution in [3.8, 4) is 0 Å². The van der Waals surface area contributed by atoms with E-state index in [1.165, 1.54) is 0 Å². The Balaban J connectivity index is -0.0000000539. The van der Waals surface area contributed by atoms with Crippen LogP contribution in [0.5, 0.6) is 0 Å². The third kappa shape index (κ3) is 115. The van der Waals surface area contributed by atoms with E-state index in [-0.39, 0.29) is 124 Å². The molecule has 0 bridgehead atoms. The van der Waals surface area contributed by atoms with Gasteiger partial charge in [0.15, 0.2) is 0 Å². The summed E-state index contributed by atoms with van der Waals surface area (Å²) in [6, 6.07) is 0. The molecule has 0 radical (unpaired) electrons. The molecule has 0 aliphatic heterocycles. The quantitative estimate of drug-likeness (QED) is 0.0222. The van der Waals surface area contributed by atoms with Gasteiger partial charge in [0.25, 0.3) is 0 Å². The minimum Gasteiger partial charge on any atom is -1.00 e. The summed E-state index contributed by atoms with van der Waals surface area (Å²) in [6.45, 7) is 25.3. The zero-order chi connectivity index (χ0) is 60.6. The second-order valence-electron chi connectivity index (χ2n) is 19.7. The Hall–Kier alpha value is -1.94. The minimum atomic E-state index is 0. The van der Waals surface area contributed by atoms with Crippen LogP contribution >= 0.6 is 0 Å². The Labute approximate surface area is 600 Å². The van der Waals surface area contributed by atoms with Crippen LogP contribution in [0.2, 0.25) is 0 Å². The van der Waals surface area contributed by atoms with Gasteiger partial charge in [-0.1, -0.05) is 160 Å². The van der Waals surface area contributed by atoms with E-state index in [0.29, 0.717) is 70.0 Å². The predicted molar refractivity (Wildman–Crippen MR) is 346 cm³/mol. The monoisotopic (exact) mass is 1480 g/mol. The van der Waals surface area contributed by atoms with Crippen LogP contribution in [0.15, 0.2) is 0 Å². The predicted octanol–water partition coefficient (Wildman–Crippen LogP) is -0.518. The topological polar surface area (TPSA) is 358 Å². The van der Waals surface area contributed by atoms with Gasteiger partial charge in [-0.25, -0.2) is 0 Å². The molecule has 0 spiro atoms. The molecule has 0 aromatic carbocycles. The van der Waals surface area contributed by atoms with E-state index in [0.717, 1.165) is 231 Å². The standard InChI is InChI=1S/6C10H21N3.6ClH.3Ni/c6*1-3-5-7-9(11)13-10(12)8-6-4-2;;;;;;;;;/h6*3-8H2,1-2H3,(H3,11,12,13);6*1H;;;/q;;;;;;;;;;;;3*+2/p-6. The number of nitrogens with one attached hydrogen (secondary N) is 18. The molecule has 0 rings (SSSR count). The van der Waals surface area contributed by atoms with E-state index in [4.69, 9.17) is 64.9 Å². The molecule has 0 aromatic rings. The zero-order valence-corrected chi connectivity index (χ0v) is 63.2. The van der Waals surface area contributed by atoms with Gasteiger partial charge >= 0.3 is 49.5 Å². The summed E-state index contributed by atoms with van der Waals surface area (Å²) in [4.78, 5) is 0. The first-order valence-corrected chi connectivity index (χ1v) is 30.7. The van der Waals surface area contributed by atoms with Gasteiger partial charge in [-0.3, -0.25) is 64.9 Å². The smallest absolute Gasteiger partial charge is 1.00 e. The average molecular weight is 1490 g/mol. The second kappa shape index (κ2) is 100. The molecule has 0 amide bonds. The van der Waals surface area contributed by atoms with Gasteiger partial charge in [0.1, 0.15) is 0 Å². The molecular weight excluding hydrogens is 1360 g/mol. The summed E-state index contributed by atoms with van der Waals surface area (Å²) < 4.78 is 0. The largest absolute Gasteiger partial charge is 2.00 e. The Morgan fingerprint density at radius 3 is 0.264 bits per heavy atom. The van der Waals surface area contributed by atoms with Crippen molar-refractivity contribution in [3.05, 3.63) is 0 Å². The fourth-order valence-electron chi connectivity index (χ4n) is 6.09. The summed E-state index contributed by atoms with van der Waals surface area (Å²) in [5.41, 5.74) is 0. The first kappa shape index (κ1) is 122. The molecule has 0 saturated heterocycles. The number of halogens is 6. The Morgan fingerprint density at radius 2 is 0.218 bits per heavy atom. The fourth-order valence-corrected chi connectivity index (χ4v) is 6.09. The molecule has 18 N–H and O–H groups in total. The first-order chi connectivity index (χ1) is 37.2. The Kier molecular flexibility index (Phi) is 141. The number of unbranched alkanes of at least 4 members (excludes halogenated alkanes) is 12. The Morgan fingerprint density at radius 1 is 0.161 bits per heavy atom. The van der Waals surface area contributed by atoms with Gasteiger partial charge in [-0.2, -0.15) is 0 Å². The van der Waals surface area contributed by atoms with Gasteiger partial charge in [-0.15, -0.1) is 0 Å². The molecule has 87 heavy (non-hydrogen) atoms. The molecule has 0 unspecified atom stereocenters. The number of amidine groups is 12. The van der Waals surface area contributed by atoms with Crippen molar-refractivity contribution in [2.75, 3.05) is 0 Å². The molecule has 18 nitrogen and oxygen atoms in total. The minimum absolute atomic E-state index is 0. The zero-order valence-electron chi connectivity index (χ0n) is 55.7. The number of hydrogen-bond donors (Lipinski definition) is 18. The molecule has 0 atom stereocenters. The van der Waals surface area contributed by atoms with Gasteiger partial charge in [-0.05, 0) is 77.0 Å². The van der Waals surface area contributed by atoms with Crippen molar-refractivity contribution in [1.29, 1.82) is 64.9 Å². The van der Waals surface area contributed by atoms with Crippen LogP contribution in [0.4, 0.5) is 0 Å². The van der Waals surface area contributed by atoms with E-state index in [9.17, 15) is 0 Å². The van der Waals surface area contributed by atoms with Crippen molar-refractivity contribution in [2.45, 2.75) is 314 Å². The van der Waals surface area contributed by atoms with E-state index in [1.807, 2.05) is 0 Å². The van der Waals surface area contributed by atoms with Crippen LogP contribution in [-0.4, -0.2) is 70.0 Å². The van der Waals surface area contributed by atoms with Crippen LogP contribution in [0, 0.1) is 64.9 Å². The molecule has 27 heteroatoms. The Bertz CT molecular complexity index is 1220. The molecule has 0 heterocycles. The maximum absolute atomic E-state index is 7.51. The van der Waals surface area contributed by atoms with E-state index in [2.05, 4.69) is 115 Å². The van der Waals surface area contributed by atoms with Crippen molar-refractivity contribution in [1.82, 2.24) is 31.9 Å². The van der Waals surface area contributed by atoms with Gasteiger partial charge in [0.05, 0.1) is 70.0 Å². The summed E-state index contributed by atoms with van der Waals surface area (Å²) in [5.74, 6) is 5.87. The summed E-state index contributed by atoms with van der Waals surface area (Å²) >= 11 is 0. The van der Waals surface area contributed by atoms with Gasteiger partial charge < -0.3 is 106 Å².